The Bertz CT molecular complexity index is 899. The van der Waals surface area contributed by atoms with Crippen molar-refractivity contribution in [1.29, 1.82) is 0 Å². The number of rotatable bonds is 6. The summed E-state index contributed by atoms with van der Waals surface area (Å²) in [5.41, 5.74) is -0.204. The molecule has 1 unspecified atom stereocenters. The fourth-order valence-corrected chi connectivity index (χ4v) is 3.67. The van der Waals surface area contributed by atoms with Gasteiger partial charge in [-0.2, -0.15) is 0 Å². The van der Waals surface area contributed by atoms with Gasteiger partial charge in [0.2, 0.25) is 0 Å². The molecule has 3 rings (SSSR count). The Labute approximate surface area is 170 Å². The Morgan fingerprint density at radius 3 is 2.67 bits per heavy atom. The summed E-state index contributed by atoms with van der Waals surface area (Å²) in [6.07, 6.45) is 0.485. The van der Waals surface area contributed by atoms with E-state index < -0.39 is 17.6 Å². The maximum Gasteiger partial charge on any atom is 0.252 e. The van der Waals surface area contributed by atoms with Crippen molar-refractivity contribution in [3.63, 3.8) is 0 Å². The Balaban J connectivity index is 1.89. The van der Waals surface area contributed by atoms with Crippen LogP contribution in [0, 0.1) is 9.39 Å². The van der Waals surface area contributed by atoms with Crippen LogP contribution in [0.1, 0.15) is 11.8 Å². The van der Waals surface area contributed by atoms with E-state index >= 15 is 0 Å². The number of β-amino-alcohol motifs (C(OH)–C–C–N with tert-alkyl or cyclic N) is 1. The first-order valence-electron chi connectivity index (χ1n) is 8.44. The summed E-state index contributed by atoms with van der Waals surface area (Å²) in [5.74, 6) is -0.449. The molecule has 4 N–H and O–H groups in total. The van der Waals surface area contributed by atoms with E-state index in [2.05, 4.69) is 10.6 Å². The predicted octanol–water partition coefficient (Wildman–Crippen LogP) is 1.13. The van der Waals surface area contributed by atoms with Gasteiger partial charge in [0.15, 0.2) is 0 Å². The molecule has 0 aliphatic carbocycles. The van der Waals surface area contributed by atoms with E-state index in [-0.39, 0.29) is 24.3 Å². The number of aliphatic hydroxyl groups is 2. The van der Waals surface area contributed by atoms with E-state index in [0.717, 1.165) is 3.57 Å². The molecule has 146 valence electrons. The maximum atomic E-state index is 14.2. The average molecular weight is 488 g/mol. The molecule has 2 heterocycles. The summed E-state index contributed by atoms with van der Waals surface area (Å²) in [7, 11) is 3.34. The zero-order valence-electron chi connectivity index (χ0n) is 15.0. The minimum atomic E-state index is -1.04. The second-order valence-corrected chi connectivity index (χ2v) is 8.12. The summed E-state index contributed by atoms with van der Waals surface area (Å²) in [4.78, 5) is 13.8. The third-order valence-corrected chi connectivity index (χ3v) is 5.26. The normalized spacial score (nSPS) is 17.4. The minimum absolute atomic E-state index is 0.215. The summed E-state index contributed by atoms with van der Waals surface area (Å²) >= 11 is 2.01. The van der Waals surface area contributed by atoms with Gasteiger partial charge in [0, 0.05) is 48.1 Å². The quantitative estimate of drug-likeness (QED) is 0.456. The summed E-state index contributed by atoms with van der Waals surface area (Å²) < 4.78 is 16.3. The van der Waals surface area contributed by atoms with Crippen LogP contribution in [0.15, 0.2) is 35.3 Å². The zero-order valence-corrected chi connectivity index (χ0v) is 17.2. The third kappa shape index (κ3) is 4.32. The Hall–Kier alpha value is -1.53. The van der Waals surface area contributed by atoms with Crippen LogP contribution >= 0.6 is 22.6 Å². The van der Waals surface area contributed by atoms with E-state index in [1.54, 1.807) is 31.1 Å². The number of benzene rings is 1. The van der Waals surface area contributed by atoms with Gasteiger partial charge in [-0.1, -0.05) is 0 Å². The van der Waals surface area contributed by atoms with Crippen LogP contribution in [-0.2, 0) is 7.05 Å². The van der Waals surface area contributed by atoms with Crippen molar-refractivity contribution in [1.82, 2.24) is 14.8 Å². The highest BCUT2D eigenvalue weighted by Gasteiger charge is 2.44. The Morgan fingerprint density at radius 1 is 1.33 bits per heavy atom. The molecule has 1 aromatic carbocycles. The summed E-state index contributed by atoms with van der Waals surface area (Å²) in [5, 5.41) is 26.9. The second-order valence-electron chi connectivity index (χ2n) is 6.87. The first-order valence-corrected chi connectivity index (χ1v) is 9.52. The first kappa shape index (κ1) is 20.2. The Morgan fingerprint density at radius 2 is 2.04 bits per heavy atom. The zero-order chi connectivity index (χ0) is 19.8. The largest absolute Gasteiger partial charge is 0.386 e. The first-order chi connectivity index (χ1) is 12.7. The third-order valence-electron chi connectivity index (χ3n) is 4.58. The number of aromatic nitrogens is 1. The molecule has 0 spiro atoms. The molecule has 0 radical (unpaired) electrons. The number of anilines is 2. The number of hydrogen-bond acceptors (Lipinski definition) is 6. The van der Waals surface area contributed by atoms with Gasteiger partial charge < -0.3 is 25.4 Å². The molecule has 1 aliphatic heterocycles. The lowest BCUT2D eigenvalue weighted by atomic mass is 9.93. The predicted molar refractivity (Wildman–Crippen MR) is 109 cm³/mol. The van der Waals surface area contributed by atoms with Crippen LogP contribution in [0.25, 0.3) is 0 Å². The Kier molecular flexibility index (Phi) is 5.87. The van der Waals surface area contributed by atoms with Gasteiger partial charge in [-0.05, 0) is 47.8 Å². The molecular weight excluding hydrogens is 466 g/mol. The highest BCUT2D eigenvalue weighted by molar-refractivity contribution is 14.1. The fourth-order valence-electron chi connectivity index (χ4n) is 3.22. The van der Waals surface area contributed by atoms with E-state index in [4.69, 9.17) is 0 Å². The number of likely N-dealkylation sites (tertiary alicyclic amines) is 1. The van der Waals surface area contributed by atoms with Gasteiger partial charge in [-0.15, -0.1) is 0 Å². The fraction of sp³-hybridized carbons (Fsp3) is 0.389. The lowest BCUT2D eigenvalue weighted by Gasteiger charge is -2.48. The SMILES string of the molecule is CNCC1(O)CN(C(O)c2cn(C)c(=O)cc2Nc2ccc(I)cc2F)C1. The maximum absolute atomic E-state index is 14.2. The number of hydrogen-bond donors (Lipinski definition) is 4. The molecular formula is C18H22FIN4O3. The standard InChI is InChI=1S/C18H22FIN4O3/c1-21-8-18(27)9-24(10-18)17(26)12-7-23(2)16(25)6-15(12)22-14-4-3-11(20)5-13(14)19/h3-7,17,21-22,26-27H,8-10H2,1-2H3. The van der Waals surface area contributed by atoms with Crippen molar-refractivity contribution in [2.75, 3.05) is 32.0 Å². The molecule has 1 aliphatic rings. The van der Waals surface area contributed by atoms with Crippen LogP contribution in [0.3, 0.4) is 0 Å². The monoisotopic (exact) mass is 488 g/mol. The van der Waals surface area contributed by atoms with Gasteiger partial charge in [-0.25, -0.2) is 4.39 Å². The second kappa shape index (κ2) is 7.84. The number of halogens is 2. The molecule has 7 nitrogen and oxygen atoms in total. The van der Waals surface area contributed by atoms with Crippen molar-refractivity contribution in [3.8, 4) is 0 Å². The van der Waals surface area contributed by atoms with Gasteiger partial charge in [-0.3, -0.25) is 9.69 Å². The van der Waals surface area contributed by atoms with Crippen LogP contribution in [0.5, 0.6) is 0 Å². The summed E-state index contributed by atoms with van der Waals surface area (Å²) in [6, 6.07) is 6.04. The molecule has 1 saturated heterocycles. The highest BCUT2D eigenvalue weighted by atomic mass is 127. The smallest absolute Gasteiger partial charge is 0.252 e. The lowest BCUT2D eigenvalue weighted by molar-refractivity contribution is -0.159. The molecule has 0 saturated carbocycles. The van der Waals surface area contributed by atoms with Crippen molar-refractivity contribution in [2.24, 2.45) is 7.05 Å². The minimum Gasteiger partial charge on any atom is -0.386 e. The number of pyridine rings is 1. The van der Waals surface area contributed by atoms with E-state index in [0.29, 0.717) is 17.8 Å². The van der Waals surface area contributed by atoms with Crippen molar-refractivity contribution < 1.29 is 14.6 Å². The van der Waals surface area contributed by atoms with Crippen molar-refractivity contribution >= 4 is 34.0 Å². The number of likely N-dealkylation sites (N-methyl/N-ethyl adjacent to an activating group) is 1. The summed E-state index contributed by atoms with van der Waals surface area (Å²) in [6.45, 7) is 0.993. The van der Waals surface area contributed by atoms with Gasteiger partial charge in [0.05, 0.1) is 11.4 Å². The van der Waals surface area contributed by atoms with Crippen LogP contribution < -0.4 is 16.2 Å². The molecule has 1 aromatic heterocycles. The van der Waals surface area contributed by atoms with Crippen LogP contribution in [0.4, 0.5) is 15.8 Å². The molecule has 0 amide bonds. The topological polar surface area (TPSA) is 89.8 Å². The molecule has 2 aromatic rings. The van der Waals surface area contributed by atoms with Crippen LogP contribution in [0.2, 0.25) is 0 Å². The number of aliphatic hydroxyl groups excluding tert-OH is 1. The van der Waals surface area contributed by atoms with Crippen molar-refractivity contribution in [2.45, 2.75) is 11.8 Å². The average Bonchev–Trinajstić information content (AvgIpc) is 2.57. The molecule has 1 fully saturated rings. The van der Waals surface area contributed by atoms with Gasteiger partial charge in [0.25, 0.3) is 5.56 Å². The van der Waals surface area contributed by atoms with Gasteiger partial charge >= 0.3 is 0 Å². The lowest BCUT2D eigenvalue weighted by Crippen LogP contribution is -2.66. The molecule has 9 heteroatoms. The molecule has 1 atom stereocenters. The van der Waals surface area contributed by atoms with Gasteiger partial charge in [0.1, 0.15) is 17.6 Å². The number of nitrogens with zero attached hydrogens (tertiary/aromatic N) is 2. The van der Waals surface area contributed by atoms with E-state index in [1.165, 1.54) is 22.9 Å². The highest BCUT2D eigenvalue weighted by Crippen LogP contribution is 2.33. The van der Waals surface area contributed by atoms with Crippen molar-refractivity contribution in [3.05, 3.63) is 55.8 Å². The number of aryl methyl sites for hydroxylation is 1. The number of nitrogens with one attached hydrogen (secondary N) is 2. The molecule has 0 bridgehead atoms. The van der Waals surface area contributed by atoms with E-state index in [9.17, 15) is 19.4 Å². The van der Waals surface area contributed by atoms with Crippen LogP contribution in [-0.4, -0.2) is 52.0 Å². The van der Waals surface area contributed by atoms with E-state index in [1.807, 2.05) is 22.6 Å². The molecule has 27 heavy (non-hydrogen) atoms.